The number of fused-ring (bicyclic) bond motifs is 1. The quantitative estimate of drug-likeness (QED) is 0.311. The van der Waals surface area contributed by atoms with Gasteiger partial charge >= 0.3 is 0 Å². The Morgan fingerprint density at radius 3 is 2.42 bits per heavy atom. The maximum atomic E-state index is 13.8. The minimum Gasteiger partial charge on any atom is -0.497 e. The number of carbonyl (C=O) groups is 2. The van der Waals surface area contributed by atoms with Crippen LogP contribution in [-0.2, 0) is 22.6 Å². The van der Waals surface area contributed by atoms with E-state index in [1.165, 1.54) is 10.9 Å². The summed E-state index contributed by atoms with van der Waals surface area (Å²) in [7, 11) is 1.65. The van der Waals surface area contributed by atoms with Gasteiger partial charge in [0.15, 0.2) is 0 Å². The number of ether oxygens (including phenoxy) is 1. The van der Waals surface area contributed by atoms with E-state index in [9.17, 15) is 9.59 Å². The molecule has 1 aliphatic rings. The van der Waals surface area contributed by atoms with Crippen molar-refractivity contribution in [1.29, 1.82) is 0 Å². The number of carbonyl (C=O) groups excluding carboxylic acids is 2. The summed E-state index contributed by atoms with van der Waals surface area (Å²) in [6.07, 6.45) is 6.23. The van der Waals surface area contributed by atoms with Gasteiger partial charge in [-0.2, -0.15) is 0 Å². The van der Waals surface area contributed by atoms with E-state index in [0.717, 1.165) is 42.5 Å². The summed E-state index contributed by atoms with van der Waals surface area (Å²) in [6, 6.07) is 16.3. The summed E-state index contributed by atoms with van der Waals surface area (Å²) in [5.74, 6) is 1.19. The van der Waals surface area contributed by atoms with Crippen LogP contribution in [0.1, 0.15) is 64.5 Å². The molecule has 3 aromatic rings. The first-order valence-electron chi connectivity index (χ1n) is 13.9. The number of hydrogen-bond donors (Lipinski definition) is 1. The Morgan fingerprint density at radius 1 is 1.05 bits per heavy atom. The molecule has 6 nitrogen and oxygen atoms in total. The van der Waals surface area contributed by atoms with Crippen molar-refractivity contribution < 1.29 is 14.3 Å². The van der Waals surface area contributed by atoms with Crippen molar-refractivity contribution in [2.45, 2.75) is 72.4 Å². The summed E-state index contributed by atoms with van der Waals surface area (Å²) >= 11 is 0. The average Bonchev–Trinajstić information content (AvgIpc) is 3.63. The van der Waals surface area contributed by atoms with Gasteiger partial charge in [0.25, 0.3) is 0 Å². The Bertz CT molecular complexity index is 1220. The van der Waals surface area contributed by atoms with E-state index in [1.54, 1.807) is 7.11 Å². The summed E-state index contributed by atoms with van der Waals surface area (Å²) in [5, 5.41) is 1.19. The van der Waals surface area contributed by atoms with Crippen molar-refractivity contribution in [3.05, 3.63) is 65.9 Å². The lowest BCUT2D eigenvalue weighted by Crippen LogP contribution is -2.44. The number of H-pyrrole nitrogens is 1. The smallest absolute Gasteiger partial charge is 0.242 e. The van der Waals surface area contributed by atoms with Crippen LogP contribution < -0.4 is 4.74 Å². The summed E-state index contributed by atoms with van der Waals surface area (Å²) in [5.41, 5.74) is 3.52. The predicted molar refractivity (Wildman–Crippen MR) is 153 cm³/mol. The lowest BCUT2D eigenvalue weighted by atomic mass is 9.84. The lowest BCUT2D eigenvalue weighted by Gasteiger charge is -2.29. The van der Waals surface area contributed by atoms with Crippen molar-refractivity contribution in [1.82, 2.24) is 14.8 Å². The molecule has 1 N–H and O–H groups in total. The summed E-state index contributed by atoms with van der Waals surface area (Å²) < 4.78 is 5.30. The first kappa shape index (κ1) is 27.7. The number of methoxy groups -OCH3 is 1. The minimum absolute atomic E-state index is 0.00406. The average molecular weight is 518 g/mol. The molecule has 0 bridgehead atoms. The van der Waals surface area contributed by atoms with Gasteiger partial charge in [-0.1, -0.05) is 58.0 Å². The van der Waals surface area contributed by atoms with E-state index in [2.05, 4.69) is 44.8 Å². The number of nitrogens with zero attached hydrogens (tertiary/aromatic N) is 2. The molecule has 1 fully saturated rings. The molecular weight excluding hydrogens is 474 g/mol. The number of aromatic amines is 1. The zero-order chi connectivity index (χ0) is 27.3. The van der Waals surface area contributed by atoms with Gasteiger partial charge < -0.3 is 19.5 Å². The molecule has 0 spiro atoms. The molecule has 204 valence electrons. The Hall–Kier alpha value is -3.28. The molecular formula is C32H43N3O3. The molecule has 1 aliphatic carbocycles. The molecule has 2 amide bonds. The van der Waals surface area contributed by atoms with Gasteiger partial charge in [-0.15, -0.1) is 0 Å². The molecule has 1 saturated carbocycles. The topological polar surface area (TPSA) is 65.6 Å². The zero-order valence-corrected chi connectivity index (χ0v) is 23.6. The van der Waals surface area contributed by atoms with Gasteiger partial charge in [0.2, 0.25) is 11.8 Å². The number of nitrogens with one attached hydrogen (secondary N) is 1. The standard InChI is InChI=1S/C32H43N3O3/c1-23(19-32(2,3)4)18-30(36)35(26-12-13-26)22-31(37)34(21-24-10-14-27(38-5)15-11-24)17-16-25-20-33-29-9-7-6-8-28(25)29/h6-11,14-15,20,23,26,33H,12-13,16-19,21-22H2,1-5H3/t23-/m1/s1. The highest BCUT2D eigenvalue weighted by atomic mass is 16.5. The molecule has 1 heterocycles. The fourth-order valence-corrected chi connectivity index (χ4v) is 5.42. The molecule has 38 heavy (non-hydrogen) atoms. The SMILES string of the molecule is COc1ccc(CN(CCc2c[nH]c3ccccc23)C(=O)CN(C(=O)C[C@@H](C)CC(C)(C)C)C2CC2)cc1. The van der Waals surface area contributed by atoms with Crippen LogP contribution in [0.3, 0.4) is 0 Å². The van der Waals surface area contributed by atoms with Crippen molar-refractivity contribution >= 4 is 22.7 Å². The maximum absolute atomic E-state index is 13.8. The van der Waals surface area contributed by atoms with E-state index in [1.807, 2.05) is 52.4 Å². The normalized spacial score (nSPS) is 14.3. The largest absolute Gasteiger partial charge is 0.497 e. The molecule has 0 unspecified atom stereocenters. The number of hydrogen-bond acceptors (Lipinski definition) is 3. The maximum Gasteiger partial charge on any atom is 0.242 e. The first-order valence-corrected chi connectivity index (χ1v) is 13.9. The zero-order valence-electron chi connectivity index (χ0n) is 23.6. The van der Waals surface area contributed by atoms with Gasteiger partial charge in [0.1, 0.15) is 12.3 Å². The van der Waals surface area contributed by atoms with Gasteiger partial charge in [-0.25, -0.2) is 0 Å². The van der Waals surface area contributed by atoms with E-state index < -0.39 is 0 Å². The third kappa shape index (κ3) is 7.62. The number of benzene rings is 2. The van der Waals surface area contributed by atoms with Crippen molar-refractivity contribution in [3.63, 3.8) is 0 Å². The first-order chi connectivity index (χ1) is 18.1. The Kier molecular flexibility index (Phi) is 8.80. The van der Waals surface area contributed by atoms with E-state index in [-0.39, 0.29) is 35.7 Å². The molecule has 1 aromatic heterocycles. The molecule has 0 radical (unpaired) electrons. The minimum atomic E-state index is 0.00406. The van der Waals surface area contributed by atoms with Crippen LogP contribution in [0.15, 0.2) is 54.7 Å². The summed E-state index contributed by atoms with van der Waals surface area (Å²) in [4.78, 5) is 34.2. The highest BCUT2D eigenvalue weighted by Crippen LogP contribution is 2.31. The van der Waals surface area contributed by atoms with E-state index in [4.69, 9.17) is 4.74 Å². The second-order valence-corrected chi connectivity index (χ2v) is 12.1. The molecule has 0 aliphatic heterocycles. The molecule has 0 saturated heterocycles. The van der Waals surface area contributed by atoms with Crippen LogP contribution >= 0.6 is 0 Å². The molecule has 2 aromatic carbocycles. The number of rotatable bonds is 12. The Labute approximate surface area is 227 Å². The van der Waals surface area contributed by atoms with Crippen molar-refractivity contribution in [2.75, 3.05) is 20.2 Å². The van der Waals surface area contributed by atoms with E-state index in [0.29, 0.717) is 19.5 Å². The number of para-hydroxylation sites is 1. The van der Waals surface area contributed by atoms with Crippen LogP contribution in [0.4, 0.5) is 0 Å². The highest BCUT2D eigenvalue weighted by molar-refractivity contribution is 5.86. The Balaban J connectivity index is 1.47. The summed E-state index contributed by atoms with van der Waals surface area (Å²) in [6.45, 7) is 10.0. The van der Waals surface area contributed by atoms with E-state index >= 15 is 0 Å². The van der Waals surface area contributed by atoms with Gasteiger partial charge in [0, 0.05) is 42.7 Å². The number of amides is 2. The molecule has 4 rings (SSSR count). The van der Waals surface area contributed by atoms with Crippen LogP contribution in [0.5, 0.6) is 5.75 Å². The second kappa shape index (κ2) is 12.1. The fraction of sp³-hybridized carbons (Fsp3) is 0.500. The lowest BCUT2D eigenvalue weighted by molar-refractivity contribution is -0.142. The Morgan fingerprint density at radius 2 is 1.76 bits per heavy atom. The van der Waals surface area contributed by atoms with Crippen LogP contribution in [0.25, 0.3) is 10.9 Å². The third-order valence-corrected chi connectivity index (χ3v) is 7.31. The van der Waals surface area contributed by atoms with Crippen molar-refractivity contribution in [3.8, 4) is 5.75 Å². The molecule has 6 heteroatoms. The monoisotopic (exact) mass is 517 g/mol. The van der Waals surface area contributed by atoms with Gasteiger partial charge in [0.05, 0.1) is 7.11 Å². The predicted octanol–water partition coefficient (Wildman–Crippen LogP) is 6.20. The van der Waals surface area contributed by atoms with Crippen molar-refractivity contribution in [2.24, 2.45) is 11.3 Å². The third-order valence-electron chi connectivity index (χ3n) is 7.31. The van der Waals surface area contributed by atoms with Crippen LogP contribution in [-0.4, -0.2) is 52.8 Å². The fourth-order valence-electron chi connectivity index (χ4n) is 5.42. The highest BCUT2D eigenvalue weighted by Gasteiger charge is 2.35. The number of aromatic nitrogens is 1. The second-order valence-electron chi connectivity index (χ2n) is 12.1. The van der Waals surface area contributed by atoms with Crippen LogP contribution in [0.2, 0.25) is 0 Å². The van der Waals surface area contributed by atoms with Crippen LogP contribution in [0, 0.1) is 11.3 Å². The van der Waals surface area contributed by atoms with Gasteiger partial charge in [-0.05, 0) is 66.3 Å². The van der Waals surface area contributed by atoms with Gasteiger partial charge in [-0.3, -0.25) is 9.59 Å². The molecule has 1 atom stereocenters.